The first-order valence-electron chi connectivity index (χ1n) is 11.1. The molecular weight excluding hydrogens is 420 g/mol. The maximum atomic E-state index is 13.0. The van der Waals surface area contributed by atoms with Gasteiger partial charge in [-0.1, -0.05) is 50.6 Å². The van der Waals surface area contributed by atoms with Crippen molar-refractivity contribution < 1.29 is 14.3 Å². The highest BCUT2D eigenvalue weighted by Crippen LogP contribution is 2.42. The Morgan fingerprint density at radius 3 is 2.62 bits per heavy atom. The molecule has 1 heterocycles. The number of rotatable bonds is 4. The van der Waals surface area contributed by atoms with Gasteiger partial charge in [-0.3, -0.25) is 9.59 Å². The van der Waals surface area contributed by atoms with Crippen LogP contribution in [0.1, 0.15) is 49.0 Å². The Balaban J connectivity index is 1.53. The number of ether oxygens (including phenoxy) is 1. The summed E-state index contributed by atoms with van der Waals surface area (Å²) in [6, 6.07) is 13.4. The van der Waals surface area contributed by atoms with E-state index in [4.69, 9.17) is 4.74 Å². The summed E-state index contributed by atoms with van der Waals surface area (Å²) in [7, 11) is 3.39. The molecule has 3 atom stereocenters. The lowest BCUT2D eigenvalue weighted by Crippen LogP contribution is -2.43. The van der Waals surface area contributed by atoms with Gasteiger partial charge in [-0.25, -0.2) is 0 Å². The summed E-state index contributed by atoms with van der Waals surface area (Å²) in [4.78, 5) is 29.2. The fourth-order valence-electron chi connectivity index (χ4n) is 4.42. The van der Waals surface area contributed by atoms with Gasteiger partial charge in [0, 0.05) is 23.5 Å². The quantitative estimate of drug-likeness (QED) is 0.637. The van der Waals surface area contributed by atoms with E-state index >= 15 is 0 Å². The number of nitrogens with zero attached hydrogens (tertiary/aromatic N) is 1. The number of carbonyl (C=O) groups excluding carboxylic acids is 2. The van der Waals surface area contributed by atoms with Crippen LogP contribution in [0.5, 0.6) is 5.75 Å². The third kappa shape index (κ3) is 4.56. The molecule has 1 N–H and O–H groups in total. The van der Waals surface area contributed by atoms with E-state index < -0.39 is 0 Å². The average molecular weight is 451 g/mol. The fraction of sp³-hybridized carbons (Fsp3) is 0.385. The molecule has 6 heteroatoms. The van der Waals surface area contributed by atoms with Crippen molar-refractivity contribution >= 4 is 35.3 Å². The van der Waals surface area contributed by atoms with Crippen LogP contribution in [0.3, 0.4) is 0 Å². The molecule has 1 fully saturated rings. The van der Waals surface area contributed by atoms with Gasteiger partial charge >= 0.3 is 0 Å². The molecule has 2 aliphatic rings. The molecule has 0 unspecified atom stereocenters. The van der Waals surface area contributed by atoms with E-state index in [1.807, 2.05) is 48.5 Å². The van der Waals surface area contributed by atoms with Crippen LogP contribution in [0.15, 0.2) is 52.3 Å². The second-order valence-corrected chi connectivity index (χ2v) is 9.86. The van der Waals surface area contributed by atoms with E-state index in [0.29, 0.717) is 22.3 Å². The van der Waals surface area contributed by atoms with E-state index in [9.17, 15) is 9.59 Å². The molecule has 5 nitrogen and oxygen atoms in total. The zero-order chi connectivity index (χ0) is 22.8. The van der Waals surface area contributed by atoms with Crippen LogP contribution in [0, 0.1) is 11.8 Å². The average Bonchev–Trinajstić information content (AvgIpc) is 2.80. The van der Waals surface area contributed by atoms with Gasteiger partial charge in [-0.05, 0) is 60.2 Å². The monoisotopic (exact) mass is 450 g/mol. The number of hydrogen-bond donors (Lipinski definition) is 1. The number of carbonyl (C=O) groups is 2. The van der Waals surface area contributed by atoms with Crippen molar-refractivity contribution in [2.45, 2.75) is 44.0 Å². The van der Waals surface area contributed by atoms with E-state index in [2.05, 4.69) is 19.2 Å². The standard InChI is InChI=1S/C26H30N2O3S/c1-16-6-5-7-21(17(16)2)27-25(29)19-10-13-23-22(15-19)28(3)26(30)24(32-23)14-18-8-11-20(31-4)12-9-18/h8-17,21H,5-7H2,1-4H3,(H,27,29)/b24-14-/t16-,17+,21+/m0/s1. The molecule has 2 aromatic rings. The van der Waals surface area contributed by atoms with E-state index in [1.165, 1.54) is 18.2 Å². The third-order valence-electron chi connectivity index (χ3n) is 6.75. The third-order valence-corrected chi connectivity index (χ3v) is 7.83. The van der Waals surface area contributed by atoms with Crippen molar-refractivity contribution in [2.24, 2.45) is 11.8 Å². The first-order valence-corrected chi connectivity index (χ1v) is 12.0. The summed E-state index contributed by atoms with van der Waals surface area (Å²) in [6.07, 6.45) is 5.29. The Labute approximate surface area is 194 Å². The first kappa shape index (κ1) is 22.5. The molecule has 168 valence electrons. The van der Waals surface area contributed by atoms with Crippen molar-refractivity contribution in [3.8, 4) is 5.75 Å². The molecule has 1 aliphatic heterocycles. The molecule has 0 aromatic heterocycles. The Morgan fingerprint density at radius 1 is 1.16 bits per heavy atom. The largest absolute Gasteiger partial charge is 0.497 e. The van der Waals surface area contributed by atoms with Gasteiger partial charge in [-0.2, -0.15) is 0 Å². The summed E-state index contributed by atoms with van der Waals surface area (Å²) in [6.45, 7) is 4.48. The number of nitrogens with one attached hydrogen (secondary N) is 1. The van der Waals surface area contributed by atoms with Gasteiger partial charge in [0.1, 0.15) is 5.75 Å². The molecule has 2 aromatic carbocycles. The van der Waals surface area contributed by atoms with Gasteiger partial charge in [0.2, 0.25) is 0 Å². The predicted octanol–water partition coefficient (Wildman–Crippen LogP) is 5.36. The molecule has 1 aliphatic carbocycles. The highest BCUT2D eigenvalue weighted by atomic mass is 32.2. The lowest BCUT2D eigenvalue weighted by molar-refractivity contribution is -0.114. The number of methoxy groups -OCH3 is 1. The zero-order valence-corrected chi connectivity index (χ0v) is 19.9. The smallest absolute Gasteiger partial charge is 0.264 e. The number of benzene rings is 2. The van der Waals surface area contributed by atoms with Crippen LogP contribution in [-0.4, -0.2) is 32.0 Å². The first-order chi connectivity index (χ1) is 15.4. The zero-order valence-electron chi connectivity index (χ0n) is 19.1. The fourth-order valence-corrected chi connectivity index (χ4v) is 5.52. The Kier molecular flexibility index (Phi) is 6.60. The Morgan fingerprint density at radius 2 is 1.91 bits per heavy atom. The number of amides is 2. The molecule has 32 heavy (non-hydrogen) atoms. The summed E-state index contributed by atoms with van der Waals surface area (Å²) < 4.78 is 5.20. The number of likely N-dealkylation sites (N-methyl/N-ethyl adjacent to an activating group) is 1. The molecule has 2 amide bonds. The molecule has 0 radical (unpaired) electrons. The predicted molar refractivity (Wildman–Crippen MR) is 130 cm³/mol. The van der Waals surface area contributed by atoms with Gasteiger partial charge in [0.05, 0.1) is 17.7 Å². The van der Waals surface area contributed by atoms with Crippen molar-refractivity contribution in [2.75, 3.05) is 19.1 Å². The second kappa shape index (κ2) is 9.41. The molecule has 0 spiro atoms. The second-order valence-electron chi connectivity index (χ2n) is 8.78. The van der Waals surface area contributed by atoms with E-state index in [-0.39, 0.29) is 17.9 Å². The maximum Gasteiger partial charge on any atom is 0.264 e. The van der Waals surface area contributed by atoms with E-state index in [0.717, 1.165) is 34.7 Å². The van der Waals surface area contributed by atoms with E-state index in [1.54, 1.807) is 19.1 Å². The highest BCUT2D eigenvalue weighted by Gasteiger charge is 2.30. The number of thioether (sulfide) groups is 1. The van der Waals surface area contributed by atoms with Crippen molar-refractivity contribution in [3.05, 3.63) is 58.5 Å². The van der Waals surface area contributed by atoms with Crippen LogP contribution in [0.2, 0.25) is 0 Å². The summed E-state index contributed by atoms with van der Waals surface area (Å²) >= 11 is 1.44. The molecule has 4 rings (SSSR count). The van der Waals surface area contributed by atoms with Crippen LogP contribution < -0.4 is 15.0 Å². The van der Waals surface area contributed by atoms with Crippen LogP contribution in [-0.2, 0) is 4.79 Å². The van der Waals surface area contributed by atoms with Gasteiger partial charge in [0.25, 0.3) is 11.8 Å². The highest BCUT2D eigenvalue weighted by molar-refractivity contribution is 8.04. The lowest BCUT2D eigenvalue weighted by Gasteiger charge is -2.34. The van der Waals surface area contributed by atoms with Crippen LogP contribution in [0.4, 0.5) is 5.69 Å². The van der Waals surface area contributed by atoms with Gasteiger partial charge < -0.3 is 15.0 Å². The molecular formula is C26H30N2O3S. The molecule has 0 bridgehead atoms. The number of anilines is 1. The Hall–Kier alpha value is -2.73. The van der Waals surface area contributed by atoms with Gasteiger partial charge in [0.15, 0.2) is 0 Å². The minimum absolute atomic E-state index is 0.0656. The van der Waals surface area contributed by atoms with Crippen molar-refractivity contribution in [1.82, 2.24) is 5.32 Å². The lowest BCUT2D eigenvalue weighted by atomic mass is 9.78. The van der Waals surface area contributed by atoms with Crippen molar-refractivity contribution in [3.63, 3.8) is 0 Å². The Bertz CT molecular complexity index is 1050. The summed E-state index contributed by atoms with van der Waals surface area (Å²) in [5.74, 6) is 1.72. The summed E-state index contributed by atoms with van der Waals surface area (Å²) in [5, 5.41) is 3.23. The van der Waals surface area contributed by atoms with Crippen molar-refractivity contribution in [1.29, 1.82) is 0 Å². The minimum atomic E-state index is -0.0781. The minimum Gasteiger partial charge on any atom is -0.497 e. The topological polar surface area (TPSA) is 58.6 Å². The number of hydrogen-bond acceptors (Lipinski definition) is 4. The van der Waals surface area contributed by atoms with Crippen LogP contribution in [0.25, 0.3) is 6.08 Å². The maximum absolute atomic E-state index is 13.0. The SMILES string of the molecule is COc1ccc(/C=C2\Sc3ccc(C(=O)N[C@@H]4CCC[C@H](C)[C@H]4C)cc3N(C)C2=O)cc1. The molecule has 1 saturated carbocycles. The van der Waals surface area contributed by atoms with Gasteiger partial charge in [-0.15, -0.1) is 0 Å². The normalized spacial score (nSPS) is 24.2. The van der Waals surface area contributed by atoms with Crippen LogP contribution >= 0.6 is 11.8 Å². The number of fused-ring (bicyclic) bond motifs is 1. The summed E-state index contributed by atoms with van der Waals surface area (Å²) in [5.41, 5.74) is 2.30. The molecule has 0 saturated heterocycles.